The number of rotatable bonds is 7. The van der Waals surface area contributed by atoms with Crippen LogP contribution >= 0.6 is 0 Å². The van der Waals surface area contributed by atoms with Crippen molar-refractivity contribution in [3.8, 4) is 0 Å². The lowest BCUT2D eigenvalue weighted by Crippen LogP contribution is -2.32. The summed E-state index contributed by atoms with van der Waals surface area (Å²) in [6, 6.07) is 6.84. The van der Waals surface area contributed by atoms with Crippen molar-refractivity contribution in [2.45, 2.75) is 44.6 Å². The third-order valence-electron chi connectivity index (χ3n) is 3.21. The largest absolute Gasteiger partial charge is 0.391 e. The number of aryl methyl sites for hydroxylation is 2. The summed E-state index contributed by atoms with van der Waals surface area (Å²) in [5, 5.41) is 13.1. The topological polar surface area (TPSA) is 49.3 Å². The van der Waals surface area contributed by atoms with E-state index in [9.17, 15) is 9.32 Å². The quantitative estimate of drug-likeness (QED) is 0.799. The van der Waals surface area contributed by atoms with Gasteiger partial charge in [-0.3, -0.25) is 4.21 Å². The van der Waals surface area contributed by atoms with Gasteiger partial charge in [-0.2, -0.15) is 0 Å². The van der Waals surface area contributed by atoms with Gasteiger partial charge in [-0.05, 0) is 32.3 Å². The van der Waals surface area contributed by atoms with Gasteiger partial charge in [-0.15, -0.1) is 0 Å². The molecule has 4 heteroatoms. The fourth-order valence-corrected chi connectivity index (χ4v) is 3.46. The molecule has 0 aliphatic heterocycles. The van der Waals surface area contributed by atoms with Crippen LogP contribution in [0.25, 0.3) is 0 Å². The first-order chi connectivity index (χ1) is 9.02. The summed E-state index contributed by atoms with van der Waals surface area (Å²) >= 11 is 0. The molecule has 19 heavy (non-hydrogen) atoms. The van der Waals surface area contributed by atoms with E-state index in [-0.39, 0.29) is 0 Å². The Hall–Kier alpha value is -0.710. The van der Waals surface area contributed by atoms with E-state index in [1.54, 1.807) is 0 Å². The highest BCUT2D eigenvalue weighted by Crippen LogP contribution is 2.18. The Morgan fingerprint density at radius 3 is 2.53 bits per heavy atom. The summed E-state index contributed by atoms with van der Waals surface area (Å²) in [6.07, 6.45) is 1.91. The molecular weight excluding hydrogens is 258 g/mol. The van der Waals surface area contributed by atoms with E-state index in [2.05, 4.69) is 23.5 Å². The SMILES string of the molecule is Cc1cc(C)cc(CS(=O)CC(O)CNC2CC2)c1. The van der Waals surface area contributed by atoms with Crippen LogP contribution in [0.4, 0.5) is 0 Å². The van der Waals surface area contributed by atoms with Crippen molar-refractivity contribution in [2.75, 3.05) is 12.3 Å². The van der Waals surface area contributed by atoms with E-state index in [1.807, 2.05) is 13.8 Å². The number of benzene rings is 1. The molecular formula is C15H23NO2S. The first-order valence-corrected chi connectivity index (χ1v) is 8.35. The molecule has 2 unspecified atom stereocenters. The molecule has 2 rings (SSSR count). The van der Waals surface area contributed by atoms with Gasteiger partial charge >= 0.3 is 0 Å². The molecule has 1 aromatic carbocycles. The molecule has 0 saturated heterocycles. The molecule has 0 aromatic heterocycles. The van der Waals surface area contributed by atoms with Crippen molar-refractivity contribution >= 4 is 10.8 Å². The normalized spacial score (nSPS) is 18.3. The van der Waals surface area contributed by atoms with Crippen LogP contribution in [-0.2, 0) is 16.6 Å². The fourth-order valence-electron chi connectivity index (χ4n) is 2.26. The predicted molar refractivity (Wildman–Crippen MR) is 79.7 cm³/mol. The van der Waals surface area contributed by atoms with E-state index in [0.29, 0.717) is 24.1 Å². The van der Waals surface area contributed by atoms with E-state index < -0.39 is 16.9 Å². The van der Waals surface area contributed by atoms with Gasteiger partial charge in [-0.25, -0.2) is 0 Å². The summed E-state index contributed by atoms with van der Waals surface area (Å²) in [6.45, 7) is 4.66. The van der Waals surface area contributed by atoms with Gasteiger partial charge in [0, 0.05) is 29.1 Å². The molecule has 1 aliphatic rings. The molecule has 0 bridgehead atoms. The number of hydrogen-bond acceptors (Lipinski definition) is 3. The Bertz CT molecular complexity index is 437. The van der Waals surface area contributed by atoms with Gasteiger partial charge in [0.15, 0.2) is 0 Å². The molecule has 1 aliphatic carbocycles. The van der Waals surface area contributed by atoms with Crippen LogP contribution in [0.2, 0.25) is 0 Å². The van der Waals surface area contributed by atoms with E-state index >= 15 is 0 Å². The number of aliphatic hydroxyl groups excluding tert-OH is 1. The van der Waals surface area contributed by atoms with E-state index in [1.165, 1.54) is 24.0 Å². The van der Waals surface area contributed by atoms with Gasteiger partial charge < -0.3 is 10.4 Å². The van der Waals surface area contributed by atoms with Crippen LogP contribution < -0.4 is 5.32 Å². The molecule has 106 valence electrons. The molecule has 1 fully saturated rings. The highest BCUT2D eigenvalue weighted by Gasteiger charge is 2.21. The van der Waals surface area contributed by atoms with Crippen LogP contribution in [0.5, 0.6) is 0 Å². The Morgan fingerprint density at radius 1 is 1.32 bits per heavy atom. The molecule has 0 amide bonds. The summed E-state index contributed by atoms with van der Waals surface area (Å²) < 4.78 is 12.0. The standard InChI is InChI=1S/C15H23NO2S/c1-11-5-12(2)7-13(6-11)9-19(18)10-15(17)8-16-14-3-4-14/h5-7,14-17H,3-4,8-10H2,1-2H3. The molecule has 1 aromatic rings. The maximum Gasteiger partial charge on any atom is 0.0779 e. The minimum absolute atomic E-state index is 0.354. The molecule has 0 heterocycles. The van der Waals surface area contributed by atoms with Gasteiger partial charge in [-0.1, -0.05) is 29.3 Å². The van der Waals surface area contributed by atoms with Crippen LogP contribution in [0, 0.1) is 13.8 Å². The predicted octanol–water partition coefficient (Wildman–Crippen LogP) is 1.67. The molecule has 1 saturated carbocycles. The second-order valence-corrected chi connectivity index (χ2v) is 7.08. The van der Waals surface area contributed by atoms with Crippen molar-refractivity contribution in [2.24, 2.45) is 0 Å². The lowest BCUT2D eigenvalue weighted by atomic mass is 10.1. The second kappa shape index (κ2) is 6.64. The smallest absolute Gasteiger partial charge is 0.0779 e. The number of aliphatic hydroxyl groups is 1. The van der Waals surface area contributed by atoms with Gasteiger partial charge in [0.2, 0.25) is 0 Å². The lowest BCUT2D eigenvalue weighted by Gasteiger charge is -2.11. The zero-order chi connectivity index (χ0) is 13.8. The number of nitrogens with one attached hydrogen (secondary N) is 1. The monoisotopic (exact) mass is 281 g/mol. The Balaban J connectivity index is 1.78. The highest BCUT2D eigenvalue weighted by molar-refractivity contribution is 7.84. The average Bonchev–Trinajstić information content (AvgIpc) is 3.08. The van der Waals surface area contributed by atoms with Gasteiger partial charge in [0.1, 0.15) is 0 Å². The first-order valence-electron chi connectivity index (χ1n) is 6.86. The van der Waals surface area contributed by atoms with Crippen LogP contribution in [-0.4, -0.2) is 33.8 Å². The van der Waals surface area contributed by atoms with Crippen molar-refractivity contribution in [1.29, 1.82) is 0 Å². The molecule has 3 nitrogen and oxygen atoms in total. The number of hydrogen-bond donors (Lipinski definition) is 2. The van der Waals surface area contributed by atoms with Crippen LogP contribution in [0.15, 0.2) is 18.2 Å². The highest BCUT2D eigenvalue weighted by atomic mass is 32.2. The second-order valence-electron chi connectivity index (χ2n) is 5.58. The zero-order valence-electron chi connectivity index (χ0n) is 11.7. The third-order valence-corrected chi connectivity index (χ3v) is 4.62. The van der Waals surface area contributed by atoms with E-state index in [0.717, 1.165) is 5.56 Å². The molecule has 2 atom stereocenters. The van der Waals surface area contributed by atoms with Crippen molar-refractivity contribution in [1.82, 2.24) is 5.32 Å². The Kier molecular flexibility index (Phi) is 5.13. The minimum Gasteiger partial charge on any atom is -0.391 e. The summed E-state index contributed by atoms with van der Waals surface area (Å²) in [5.74, 6) is 0.885. The minimum atomic E-state index is -1.00. The van der Waals surface area contributed by atoms with Crippen LogP contribution in [0.3, 0.4) is 0 Å². The lowest BCUT2D eigenvalue weighted by molar-refractivity contribution is 0.194. The average molecular weight is 281 g/mol. The zero-order valence-corrected chi connectivity index (χ0v) is 12.5. The van der Waals surface area contributed by atoms with Crippen molar-refractivity contribution < 1.29 is 9.32 Å². The summed E-state index contributed by atoms with van der Waals surface area (Å²) in [4.78, 5) is 0. The molecule has 0 spiro atoms. The maximum atomic E-state index is 12.0. The molecule has 0 radical (unpaired) electrons. The first kappa shape index (κ1) is 14.7. The maximum absolute atomic E-state index is 12.0. The Labute approximate surface area is 117 Å². The Morgan fingerprint density at radius 2 is 1.95 bits per heavy atom. The van der Waals surface area contributed by atoms with E-state index in [4.69, 9.17) is 0 Å². The fraction of sp³-hybridized carbons (Fsp3) is 0.600. The molecule has 2 N–H and O–H groups in total. The third kappa shape index (κ3) is 5.43. The van der Waals surface area contributed by atoms with Gasteiger partial charge in [0.25, 0.3) is 0 Å². The summed E-state index contributed by atoms with van der Waals surface area (Å²) in [5.41, 5.74) is 3.49. The summed E-state index contributed by atoms with van der Waals surface area (Å²) in [7, 11) is -1.00. The van der Waals surface area contributed by atoms with Crippen molar-refractivity contribution in [3.63, 3.8) is 0 Å². The van der Waals surface area contributed by atoms with Crippen LogP contribution in [0.1, 0.15) is 29.5 Å². The van der Waals surface area contributed by atoms with Crippen molar-refractivity contribution in [3.05, 3.63) is 34.9 Å². The van der Waals surface area contributed by atoms with Gasteiger partial charge in [0.05, 0.1) is 11.9 Å².